The molecule has 3 aromatic heterocycles. The molecule has 2 atom stereocenters. The van der Waals surface area contributed by atoms with E-state index in [-0.39, 0.29) is 17.1 Å². The largest absolute Gasteiger partial charge is 0.387 e. The first-order valence-electron chi connectivity index (χ1n) is 11.0. The molecule has 10 nitrogen and oxygen atoms in total. The van der Waals surface area contributed by atoms with Gasteiger partial charge in [-0.3, -0.25) is 9.78 Å². The molecule has 1 aliphatic heterocycles. The highest BCUT2D eigenvalue weighted by molar-refractivity contribution is 7.91. The van der Waals surface area contributed by atoms with Gasteiger partial charge in [0.05, 0.1) is 63.6 Å². The van der Waals surface area contributed by atoms with Crippen molar-refractivity contribution in [2.75, 3.05) is 23.4 Å². The molecule has 1 fully saturated rings. The van der Waals surface area contributed by atoms with Crippen LogP contribution in [-0.2, 0) is 9.84 Å². The predicted molar refractivity (Wildman–Crippen MR) is 127 cm³/mol. The van der Waals surface area contributed by atoms with Crippen LogP contribution in [0.2, 0.25) is 0 Å². The second-order valence-electron chi connectivity index (χ2n) is 9.10. The summed E-state index contributed by atoms with van der Waals surface area (Å²) < 4.78 is 39.6. The van der Waals surface area contributed by atoms with Gasteiger partial charge < -0.3 is 15.7 Å². The predicted octanol–water partition coefficient (Wildman–Crippen LogP) is 1.71. The van der Waals surface area contributed by atoms with E-state index in [0.29, 0.717) is 34.6 Å². The molecule has 35 heavy (non-hydrogen) atoms. The zero-order valence-corrected chi connectivity index (χ0v) is 20.0. The Morgan fingerprint density at radius 2 is 2.14 bits per heavy atom. The Labute approximate surface area is 201 Å². The van der Waals surface area contributed by atoms with Crippen molar-refractivity contribution in [3.05, 3.63) is 47.8 Å². The van der Waals surface area contributed by atoms with Crippen LogP contribution in [0.1, 0.15) is 36.2 Å². The van der Waals surface area contributed by atoms with Crippen LogP contribution < -0.4 is 10.6 Å². The van der Waals surface area contributed by atoms with Gasteiger partial charge in [-0.25, -0.2) is 17.3 Å². The Balaban J connectivity index is 1.68. The summed E-state index contributed by atoms with van der Waals surface area (Å²) in [6.45, 7) is 2.21. The summed E-state index contributed by atoms with van der Waals surface area (Å²) in [6.07, 6.45) is 1.46. The first-order valence-corrected chi connectivity index (χ1v) is 12.8. The van der Waals surface area contributed by atoms with Crippen molar-refractivity contribution in [3.8, 4) is 17.5 Å². The Kier molecular flexibility index (Phi) is 6.48. The summed E-state index contributed by atoms with van der Waals surface area (Å²) in [4.78, 5) is 17.3. The number of aromatic nitrogens is 3. The molecule has 0 aliphatic carbocycles. The van der Waals surface area contributed by atoms with E-state index in [1.165, 1.54) is 26.2 Å². The van der Waals surface area contributed by atoms with Gasteiger partial charge in [-0.2, -0.15) is 10.4 Å². The molecular formula is C23H25FN6O4S. The van der Waals surface area contributed by atoms with Crippen LogP contribution in [0.25, 0.3) is 16.9 Å². The number of sulfone groups is 1. The molecular weight excluding hydrogens is 475 g/mol. The van der Waals surface area contributed by atoms with Crippen molar-refractivity contribution in [1.29, 1.82) is 5.26 Å². The summed E-state index contributed by atoms with van der Waals surface area (Å²) in [5, 5.41) is 28.8. The van der Waals surface area contributed by atoms with Crippen molar-refractivity contribution in [2.45, 2.75) is 38.1 Å². The summed E-state index contributed by atoms with van der Waals surface area (Å²) >= 11 is 0. The lowest BCUT2D eigenvalue weighted by Crippen LogP contribution is -2.42. The van der Waals surface area contributed by atoms with E-state index in [1.807, 2.05) is 6.07 Å². The number of fused-ring (bicyclic) bond motifs is 1. The van der Waals surface area contributed by atoms with Gasteiger partial charge in [-0.1, -0.05) is 0 Å². The number of aliphatic hydroxyl groups is 1. The molecule has 0 spiro atoms. The zero-order chi connectivity index (χ0) is 25.4. The quantitative estimate of drug-likeness (QED) is 0.444. The van der Waals surface area contributed by atoms with Gasteiger partial charge in [-0.15, -0.1) is 0 Å². The molecule has 184 valence electrons. The van der Waals surface area contributed by atoms with Crippen LogP contribution in [0.4, 0.5) is 10.1 Å². The minimum absolute atomic E-state index is 0.0493. The van der Waals surface area contributed by atoms with Gasteiger partial charge in [0.25, 0.3) is 5.91 Å². The highest BCUT2D eigenvalue weighted by Crippen LogP contribution is 2.27. The number of carbonyl (C=O) groups excluding carboxylic acids is 1. The van der Waals surface area contributed by atoms with E-state index in [2.05, 4.69) is 20.7 Å². The molecule has 0 aromatic carbocycles. The van der Waals surface area contributed by atoms with Crippen LogP contribution in [0, 0.1) is 11.3 Å². The van der Waals surface area contributed by atoms with E-state index in [0.717, 1.165) is 0 Å². The van der Waals surface area contributed by atoms with Crippen molar-refractivity contribution in [3.63, 3.8) is 0 Å². The number of carbonyl (C=O) groups is 1. The third kappa shape index (κ3) is 5.41. The minimum atomic E-state index is -3.17. The fourth-order valence-electron chi connectivity index (χ4n) is 3.81. The molecule has 12 heteroatoms. The number of pyridine rings is 1. The van der Waals surface area contributed by atoms with E-state index < -0.39 is 40.1 Å². The number of anilines is 1. The Morgan fingerprint density at radius 3 is 2.80 bits per heavy atom. The molecule has 1 saturated heterocycles. The maximum absolute atomic E-state index is 14.2. The van der Waals surface area contributed by atoms with Gasteiger partial charge in [-0.05, 0) is 44.5 Å². The Hall–Kier alpha value is -3.56. The molecule has 0 radical (unpaired) electrons. The van der Waals surface area contributed by atoms with Crippen molar-refractivity contribution in [2.24, 2.45) is 0 Å². The average molecular weight is 501 g/mol. The molecule has 1 unspecified atom stereocenters. The van der Waals surface area contributed by atoms with Gasteiger partial charge in [0.15, 0.2) is 9.84 Å². The lowest BCUT2D eigenvalue weighted by Gasteiger charge is -2.23. The minimum Gasteiger partial charge on any atom is -0.387 e. The lowest BCUT2D eigenvalue weighted by molar-refractivity contribution is -0.00177. The number of nitriles is 1. The summed E-state index contributed by atoms with van der Waals surface area (Å²) in [6, 6.07) is 8.48. The van der Waals surface area contributed by atoms with E-state index in [9.17, 15) is 22.7 Å². The molecule has 0 bridgehead atoms. The fraction of sp³-hybridized carbons (Fsp3) is 0.391. The third-order valence-corrected chi connectivity index (χ3v) is 7.61. The number of hydrogen-bond donors (Lipinski definition) is 3. The number of nitrogens with one attached hydrogen (secondary N) is 2. The summed E-state index contributed by atoms with van der Waals surface area (Å²) in [5.41, 5.74) is 0.983. The van der Waals surface area contributed by atoms with Crippen LogP contribution in [0.5, 0.6) is 0 Å². The second kappa shape index (κ2) is 9.24. The molecule has 4 heterocycles. The maximum atomic E-state index is 14.2. The van der Waals surface area contributed by atoms with Crippen LogP contribution in [-0.4, -0.2) is 69.9 Å². The van der Waals surface area contributed by atoms with Crippen molar-refractivity contribution in [1.82, 2.24) is 19.9 Å². The SMILES string of the molecule is CC(C)(O)[C@H](F)CNC(=O)c1cnc(-c2ccc3cc(C#N)cnn23)cc1NC1CCS(=O)(=O)C1. The van der Waals surface area contributed by atoms with Crippen molar-refractivity contribution >= 4 is 26.9 Å². The standard InChI is InChI=1S/C23H25FN6O4S/c1-23(2,32)21(24)12-27-22(31)17-11-26-19(8-18(17)29-15-5-6-35(33,34)13-15)20-4-3-16-7-14(9-25)10-28-30(16)20/h3-4,7-8,10-11,15,21,32H,5-6,12-13H2,1-2H3,(H,26,29)(H,27,31)/t15?,21-/m1/s1. The Bertz CT molecular complexity index is 1420. The number of amides is 1. The number of alkyl halides is 1. The maximum Gasteiger partial charge on any atom is 0.255 e. The first-order chi connectivity index (χ1) is 16.5. The highest BCUT2D eigenvalue weighted by Gasteiger charge is 2.30. The van der Waals surface area contributed by atoms with Gasteiger partial charge in [0.1, 0.15) is 12.2 Å². The number of rotatable bonds is 7. The molecule has 1 aliphatic rings. The number of halogens is 1. The highest BCUT2D eigenvalue weighted by atomic mass is 32.2. The molecule has 0 saturated carbocycles. The van der Waals surface area contributed by atoms with Gasteiger partial charge >= 0.3 is 0 Å². The van der Waals surface area contributed by atoms with Gasteiger partial charge in [0, 0.05) is 12.2 Å². The smallest absolute Gasteiger partial charge is 0.255 e. The molecule has 1 amide bonds. The zero-order valence-electron chi connectivity index (χ0n) is 19.2. The normalized spacial score (nSPS) is 18.2. The average Bonchev–Trinajstić information content (AvgIpc) is 3.38. The third-order valence-electron chi connectivity index (χ3n) is 5.84. The van der Waals surface area contributed by atoms with Crippen LogP contribution in [0.3, 0.4) is 0 Å². The van der Waals surface area contributed by atoms with E-state index >= 15 is 0 Å². The fourth-order valence-corrected chi connectivity index (χ4v) is 5.48. The van der Waals surface area contributed by atoms with E-state index in [1.54, 1.807) is 28.8 Å². The van der Waals surface area contributed by atoms with Gasteiger partial charge in [0.2, 0.25) is 0 Å². The first kappa shape index (κ1) is 24.6. The van der Waals surface area contributed by atoms with Crippen LogP contribution in [0.15, 0.2) is 36.7 Å². The lowest BCUT2D eigenvalue weighted by atomic mass is 10.0. The number of nitrogens with zero attached hydrogens (tertiary/aromatic N) is 4. The molecule has 4 rings (SSSR count). The second-order valence-corrected chi connectivity index (χ2v) is 11.3. The monoisotopic (exact) mass is 500 g/mol. The van der Waals surface area contributed by atoms with Crippen LogP contribution >= 0.6 is 0 Å². The van der Waals surface area contributed by atoms with Crippen molar-refractivity contribution < 1.29 is 22.7 Å². The molecule has 3 N–H and O–H groups in total. The Morgan fingerprint density at radius 1 is 1.37 bits per heavy atom. The van der Waals surface area contributed by atoms with E-state index in [4.69, 9.17) is 5.26 Å². The summed E-state index contributed by atoms with van der Waals surface area (Å²) in [5.74, 6) is -0.631. The topological polar surface area (TPSA) is 149 Å². The molecule has 3 aromatic rings. The number of hydrogen-bond acceptors (Lipinski definition) is 8. The summed E-state index contributed by atoms with van der Waals surface area (Å²) in [7, 11) is -3.17.